The fourth-order valence-electron chi connectivity index (χ4n) is 1.77. The first kappa shape index (κ1) is 17.1. The second kappa shape index (κ2) is 7.85. The molecule has 2 amide bonds. The minimum atomic E-state index is -0.574. The Morgan fingerprint density at radius 1 is 1.09 bits per heavy atom. The molecule has 2 N–H and O–H groups in total. The Bertz CT molecular complexity index is 735. The van der Waals surface area contributed by atoms with Crippen molar-refractivity contribution in [2.75, 3.05) is 11.9 Å². The van der Waals surface area contributed by atoms with Gasteiger partial charge in [0.15, 0.2) is 0 Å². The highest BCUT2D eigenvalue weighted by Gasteiger charge is 2.10. The van der Waals surface area contributed by atoms with Crippen LogP contribution < -0.4 is 15.4 Å². The number of halogens is 2. The summed E-state index contributed by atoms with van der Waals surface area (Å²) in [6.45, 7) is 2.23. The maximum Gasteiger partial charge on any atom is 0.412 e. The molecule has 0 fully saturated rings. The van der Waals surface area contributed by atoms with Crippen molar-refractivity contribution in [2.45, 2.75) is 6.92 Å². The van der Waals surface area contributed by atoms with Gasteiger partial charge in [-0.1, -0.05) is 29.3 Å². The van der Waals surface area contributed by atoms with Crippen LogP contribution in [0.5, 0.6) is 5.75 Å². The van der Waals surface area contributed by atoms with Crippen LogP contribution in [-0.2, 0) is 0 Å². The summed E-state index contributed by atoms with van der Waals surface area (Å²) in [6.07, 6.45) is -0.574. The quantitative estimate of drug-likeness (QED) is 0.859. The highest BCUT2D eigenvalue weighted by molar-refractivity contribution is 6.42. The van der Waals surface area contributed by atoms with Crippen LogP contribution in [-0.4, -0.2) is 18.5 Å². The van der Waals surface area contributed by atoms with Crippen LogP contribution in [0.3, 0.4) is 0 Å². The van der Waals surface area contributed by atoms with Crippen molar-refractivity contribution in [2.24, 2.45) is 0 Å². The van der Waals surface area contributed by atoms with Crippen molar-refractivity contribution >= 4 is 40.9 Å². The smallest absolute Gasteiger partial charge is 0.410 e. The van der Waals surface area contributed by atoms with E-state index in [1.165, 1.54) is 6.07 Å². The van der Waals surface area contributed by atoms with Gasteiger partial charge in [0, 0.05) is 17.8 Å². The van der Waals surface area contributed by atoms with E-state index in [0.717, 1.165) is 0 Å². The SMILES string of the molecule is CCNC(=O)Oc1cccc(C(=O)Nc2ccc(Cl)c(Cl)c2)c1. The van der Waals surface area contributed by atoms with E-state index in [1.54, 1.807) is 43.3 Å². The Hall–Kier alpha value is -2.24. The first-order chi connectivity index (χ1) is 11.0. The molecule has 0 radical (unpaired) electrons. The summed E-state index contributed by atoms with van der Waals surface area (Å²) in [5.41, 5.74) is 0.859. The lowest BCUT2D eigenvalue weighted by molar-refractivity contribution is 0.102. The monoisotopic (exact) mass is 352 g/mol. The molecule has 23 heavy (non-hydrogen) atoms. The van der Waals surface area contributed by atoms with Crippen molar-refractivity contribution in [3.05, 3.63) is 58.1 Å². The van der Waals surface area contributed by atoms with Crippen LogP contribution in [0.4, 0.5) is 10.5 Å². The van der Waals surface area contributed by atoms with Crippen molar-refractivity contribution in [1.82, 2.24) is 5.32 Å². The molecule has 7 heteroatoms. The summed E-state index contributed by atoms with van der Waals surface area (Å²) in [4.78, 5) is 23.6. The molecule has 0 atom stereocenters. The van der Waals surface area contributed by atoms with Gasteiger partial charge in [0.1, 0.15) is 5.75 Å². The summed E-state index contributed by atoms with van der Waals surface area (Å²) in [7, 11) is 0. The van der Waals surface area contributed by atoms with Crippen molar-refractivity contribution in [3.63, 3.8) is 0 Å². The molecular weight excluding hydrogens is 339 g/mol. The molecule has 0 unspecified atom stereocenters. The average Bonchev–Trinajstić information content (AvgIpc) is 2.51. The van der Waals surface area contributed by atoms with Gasteiger partial charge in [0.25, 0.3) is 5.91 Å². The standard InChI is InChI=1S/C16H14Cl2N2O3/c1-2-19-16(22)23-12-5-3-4-10(8-12)15(21)20-11-6-7-13(17)14(18)9-11/h3-9H,2H2,1H3,(H,19,22)(H,20,21). The number of hydrogen-bond donors (Lipinski definition) is 2. The Morgan fingerprint density at radius 2 is 1.87 bits per heavy atom. The topological polar surface area (TPSA) is 67.4 Å². The van der Waals surface area contributed by atoms with E-state index in [0.29, 0.717) is 27.8 Å². The highest BCUT2D eigenvalue weighted by Crippen LogP contribution is 2.25. The molecule has 2 aromatic carbocycles. The van der Waals surface area contributed by atoms with Gasteiger partial charge in [-0.05, 0) is 43.3 Å². The molecule has 0 heterocycles. The van der Waals surface area contributed by atoms with E-state index in [1.807, 2.05) is 0 Å². The maximum atomic E-state index is 12.2. The number of amides is 2. The van der Waals surface area contributed by atoms with E-state index in [4.69, 9.17) is 27.9 Å². The van der Waals surface area contributed by atoms with Crippen molar-refractivity contribution < 1.29 is 14.3 Å². The Balaban J connectivity index is 2.10. The second-order valence-electron chi connectivity index (χ2n) is 4.53. The van der Waals surface area contributed by atoms with Gasteiger partial charge in [-0.25, -0.2) is 4.79 Å². The zero-order valence-corrected chi connectivity index (χ0v) is 13.7. The predicted molar refractivity (Wildman–Crippen MR) is 90.6 cm³/mol. The fraction of sp³-hybridized carbons (Fsp3) is 0.125. The first-order valence-corrected chi connectivity index (χ1v) is 7.57. The van der Waals surface area contributed by atoms with Crippen LogP contribution in [0.15, 0.2) is 42.5 Å². The zero-order valence-electron chi connectivity index (χ0n) is 12.2. The van der Waals surface area contributed by atoms with E-state index < -0.39 is 6.09 Å². The van der Waals surface area contributed by atoms with E-state index in [2.05, 4.69) is 10.6 Å². The minimum Gasteiger partial charge on any atom is -0.410 e. The fourth-order valence-corrected chi connectivity index (χ4v) is 2.06. The average molecular weight is 353 g/mol. The largest absolute Gasteiger partial charge is 0.412 e. The molecule has 0 aliphatic rings. The Kier molecular flexibility index (Phi) is 5.84. The molecular formula is C16H14Cl2N2O3. The zero-order chi connectivity index (χ0) is 16.8. The predicted octanol–water partition coefficient (Wildman–Crippen LogP) is 4.35. The number of benzene rings is 2. The maximum absolute atomic E-state index is 12.2. The summed E-state index contributed by atoms with van der Waals surface area (Å²) >= 11 is 11.7. The van der Waals surface area contributed by atoms with Gasteiger partial charge in [-0.2, -0.15) is 0 Å². The molecule has 120 valence electrons. The minimum absolute atomic E-state index is 0.276. The summed E-state index contributed by atoms with van der Waals surface area (Å²) in [6, 6.07) is 11.1. The molecule has 0 saturated carbocycles. The lowest BCUT2D eigenvalue weighted by Crippen LogP contribution is -2.26. The van der Waals surface area contributed by atoms with E-state index >= 15 is 0 Å². The van der Waals surface area contributed by atoms with Crippen molar-refractivity contribution in [1.29, 1.82) is 0 Å². The Morgan fingerprint density at radius 3 is 2.57 bits per heavy atom. The van der Waals surface area contributed by atoms with Gasteiger partial charge >= 0.3 is 6.09 Å². The molecule has 0 bridgehead atoms. The number of nitrogens with one attached hydrogen (secondary N) is 2. The second-order valence-corrected chi connectivity index (χ2v) is 5.35. The molecule has 0 aliphatic carbocycles. The van der Waals surface area contributed by atoms with Crippen molar-refractivity contribution in [3.8, 4) is 5.75 Å². The highest BCUT2D eigenvalue weighted by atomic mass is 35.5. The molecule has 5 nitrogen and oxygen atoms in total. The number of rotatable bonds is 4. The van der Waals surface area contributed by atoms with Gasteiger partial charge in [0.05, 0.1) is 10.0 Å². The lowest BCUT2D eigenvalue weighted by atomic mass is 10.2. The summed E-state index contributed by atoms with van der Waals surface area (Å²) < 4.78 is 5.06. The molecule has 2 rings (SSSR count). The normalized spacial score (nSPS) is 10.0. The van der Waals surface area contributed by atoms with Gasteiger partial charge in [0.2, 0.25) is 0 Å². The first-order valence-electron chi connectivity index (χ1n) is 6.81. The summed E-state index contributed by atoms with van der Waals surface area (Å²) in [5.74, 6) is -0.0810. The Labute approximate surface area is 143 Å². The van der Waals surface area contributed by atoms with Crippen LogP contribution in [0.1, 0.15) is 17.3 Å². The molecule has 0 saturated heterocycles. The van der Waals surface area contributed by atoms with Gasteiger partial charge < -0.3 is 15.4 Å². The number of carbonyl (C=O) groups excluding carboxylic acids is 2. The van der Waals surface area contributed by atoms with Gasteiger partial charge in [-0.3, -0.25) is 4.79 Å². The summed E-state index contributed by atoms with van der Waals surface area (Å²) in [5, 5.41) is 5.95. The van der Waals surface area contributed by atoms with Gasteiger partial charge in [-0.15, -0.1) is 0 Å². The number of carbonyl (C=O) groups is 2. The van der Waals surface area contributed by atoms with Crippen LogP contribution >= 0.6 is 23.2 Å². The van der Waals surface area contributed by atoms with Crippen LogP contribution in [0.2, 0.25) is 10.0 Å². The van der Waals surface area contributed by atoms with E-state index in [-0.39, 0.29) is 11.7 Å². The van der Waals surface area contributed by atoms with Crippen LogP contribution in [0.25, 0.3) is 0 Å². The number of ether oxygens (including phenoxy) is 1. The molecule has 0 spiro atoms. The lowest BCUT2D eigenvalue weighted by Gasteiger charge is -2.08. The number of hydrogen-bond acceptors (Lipinski definition) is 3. The third-order valence-electron chi connectivity index (χ3n) is 2.81. The molecule has 0 aromatic heterocycles. The third-order valence-corrected chi connectivity index (χ3v) is 3.54. The van der Waals surface area contributed by atoms with Crippen LogP contribution in [0, 0.1) is 0 Å². The van der Waals surface area contributed by atoms with E-state index in [9.17, 15) is 9.59 Å². The third kappa shape index (κ3) is 4.87. The molecule has 0 aliphatic heterocycles. The number of anilines is 1. The molecule has 2 aromatic rings.